The fourth-order valence-corrected chi connectivity index (χ4v) is 2.37. The number of carbonyl (C=O) groups excluding carboxylic acids is 2. The van der Waals surface area contributed by atoms with Crippen LogP contribution in [-0.4, -0.2) is 34.8 Å². The van der Waals surface area contributed by atoms with Gasteiger partial charge in [0.05, 0.1) is 6.54 Å². The van der Waals surface area contributed by atoms with E-state index in [2.05, 4.69) is 10.3 Å². The van der Waals surface area contributed by atoms with Crippen molar-refractivity contribution in [2.45, 2.75) is 27.3 Å². The van der Waals surface area contributed by atoms with E-state index in [0.717, 1.165) is 0 Å². The lowest BCUT2D eigenvalue weighted by atomic mass is 10.2. The van der Waals surface area contributed by atoms with Crippen LogP contribution in [0.4, 0.5) is 0 Å². The zero-order valence-electron chi connectivity index (χ0n) is 13.9. The van der Waals surface area contributed by atoms with E-state index in [-0.39, 0.29) is 24.1 Å². The molecule has 0 radical (unpaired) electrons. The summed E-state index contributed by atoms with van der Waals surface area (Å²) in [7, 11) is 0. The average Bonchev–Trinajstić information content (AvgIpc) is 2.95. The van der Waals surface area contributed by atoms with Gasteiger partial charge in [-0.25, -0.2) is 4.98 Å². The van der Waals surface area contributed by atoms with Crippen molar-refractivity contribution in [3.8, 4) is 0 Å². The summed E-state index contributed by atoms with van der Waals surface area (Å²) in [5, 5.41) is 3.27. The fourth-order valence-electron chi connectivity index (χ4n) is 2.25. The van der Waals surface area contributed by atoms with Crippen LogP contribution in [0.25, 0.3) is 0 Å². The molecule has 6 nitrogen and oxygen atoms in total. The van der Waals surface area contributed by atoms with E-state index >= 15 is 0 Å². The number of benzene rings is 1. The molecule has 0 spiro atoms. The Morgan fingerprint density at radius 3 is 2.42 bits per heavy atom. The Labute approximate surface area is 145 Å². The highest BCUT2D eigenvalue weighted by Gasteiger charge is 2.21. The molecular weight excluding hydrogens is 330 g/mol. The second-order valence-electron chi connectivity index (χ2n) is 5.18. The minimum Gasteiger partial charge on any atom is -0.443 e. The summed E-state index contributed by atoms with van der Waals surface area (Å²) in [5.74, 6) is 0.309. The first kappa shape index (κ1) is 18.0. The number of amides is 2. The number of halogens is 1. The Kier molecular flexibility index (Phi) is 5.98. The van der Waals surface area contributed by atoms with Crippen LogP contribution in [0.5, 0.6) is 0 Å². The molecule has 0 fully saturated rings. The molecule has 0 atom stereocenters. The second-order valence-corrected chi connectivity index (χ2v) is 5.62. The van der Waals surface area contributed by atoms with Gasteiger partial charge in [0.15, 0.2) is 5.69 Å². The maximum Gasteiger partial charge on any atom is 0.276 e. The first-order valence-electron chi connectivity index (χ1n) is 7.75. The maximum atomic E-state index is 12.3. The summed E-state index contributed by atoms with van der Waals surface area (Å²) in [5.41, 5.74) is 0.775. The van der Waals surface area contributed by atoms with Gasteiger partial charge in [-0.2, -0.15) is 0 Å². The molecule has 24 heavy (non-hydrogen) atoms. The highest BCUT2D eigenvalue weighted by atomic mass is 35.5. The van der Waals surface area contributed by atoms with Crippen molar-refractivity contribution in [2.24, 2.45) is 0 Å². The van der Waals surface area contributed by atoms with Gasteiger partial charge < -0.3 is 14.6 Å². The second kappa shape index (κ2) is 7.97. The lowest BCUT2D eigenvalue weighted by Gasteiger charge is -2.16. The van der Waals surface area contributed by atoms with E-state index in [9.17, 15) is 9.59 Å². The Morgan fingerprint density at radius 1 is 1.21 bits per heavy atom. The van der Waals surface area contributed by atoms with E-state index in [0.29, 0.717) is 35.3 Å². The van der Waals surface area contributed by atoms with Crippen LogP contribution in [0.2, 0.25) is 5.02 Å². The predicted octanol–water partition coefficient (Wildman–Crippen LogP) is 3.05. The van der Waals surface area contributed by atoms with Crippen molar-refractivity contribution < 1.29 is 14.0 Å². The van der Waals surface area contributed by atoms with Crippen molar-refractivity contribution in [2.75, 3.05) is 13.1 Å². The van der Waals surface area contributed by atoms with E-state index in [4.69, 9.17) is 16.0 Å². The minimum absolute atomic E-state index is 0.105. The molecule has 1 heterocycles. The van der Waals surface area contributed by atoms with Gasteiger partial charge in [-0.15, -0.1) is 0 Å². The summed E-state index contributed by atoms with van der Waals surface area (Å²) in [6.45, 7) is 6.81. The highest BCUT2D eigenvalue weighted by Crippen LogP contribution is 2.13. The van der Waals surface area contributed by atoms with Crippen molar-refractivity contribution in [1.82, 2.24) is 15.2 Å². The number of oxazole rings is 1. The third kappa shape index (κ3) is 4.14. The maximum absolute atomic E-state index is 12.3. The Hall–Kier alpha value is -2.34. The van der Waals surface area contributed by atoms with Gasteiger partial charge in [0.1, 0.15) is 5.76 Å². The zero-order chi connectivity index (χ0) is 17.7. The third-order valence-corrected chi connectivity index (χ3v) is 3.85. The molecule has 0 aliphatic carbocycles. The number of rotatable bonds is 6. The number of hydrogen-bond donors (Lipinski definition) is 1. The lowest BCUT2D eigenvalue weighted by Crippen LogP contribution is -2.31. The molecule has 1 N–H and O–H groups in total. The lowest BCUT2D eigenvalue weighted by molar-refractivity contribution is 0.0766. The molecule has 0 aliphatic heterocycles. The van der Waals surface area contributed by atoms with Crippen LogP contribution < -0.4 is 5.32 Å². The largest absolute Gasteiger partial charge is 0.443 e. The topological polar surface area (TPSA) is 75.4 Å². The molecular formula is C17H20ClN3O3. The summed E-state index contributed by atoms with van der Waals surface area (Å²) in [6, 6.07) is 6.56. The number of nitrogens with one attached hydrogen (secondary N) is 1. The van der Waals surface area contributed by atoms with Gasteiger partial charge in [0, 0.05) is 23.7 Å². The molecule has 7 heteroatoms. The van der Waals surface area contributed by atoms with Crippen LogP contribution in [0, 0.1) is 6.92 Å². The van der Waals surface area contributed by atoms with E-state index < -0.39 is 0 Å². The van der Waals surface area contributed by atoms with Gasteiger partial charge in [-0.05, 0) is 45.0 Å². The fraction of sp³-hybridized carbons (Fsp3) is 0.353. The summed E-state index contributed by atoms with van der Waals surface area (Å²) in [6.07, 6.45) is 0. The van der Waals surface area contributed by atoms with E-state index in [1.807, 2.05) is 13.8 Å². The van der Waals surface area contributed by atoms with Crippen LogP contribution in [0.3, 0.4) is 0 Å². The Morgan fingerprint density at radius 2 is 1.83 bits per heavy atom. The van der Waals surface area contributed by atoms with Crippen molar-refractivity contribution in [1.29, 1.82) is 0 Å². The summed E-state index contributed by atoms with van der Waals surface area (Å²) >= 11 is 5.80. The molecule has 2 aromatic rings. The van der Waals surface area contributed by atoms with Crippen LogP contribution >= 0.6 is 11.6 Å². The third-order valence-electron chi connectivity index (χ3n) is 3.60. The molecule has 0 saturated heterocycles. The highest BCUT2D eigenvalue weighted by molar-refractivity contribution is 6.30. The number of carbonyl (C=O) groups is 2. The van der Waals surface area contributed by atoms with Gasteiger partial charge in [-0.1, -0.05) is 11.6 Å². The summed E-state index contributed by atoms with van der Waals surface area (Å²) in [4.78, 5) is 30.3. The normalized spacial score (nSPS) is 10.5. The molecule has 2 rings (SSSR count). The van der Waals surface area contributed by atoms with Crippen molar-refractivity contribution >= 4 is 23.4 Å². The molecule has 1 aromatic carbocycles. The van der Waals surface area contributed by atoms with E-state index in [1.54, 1.807) is 36.1 Å². The van der Waals surface area contributed by atoms with Gasteiger partial charge in [0.2, 0.25) is 5.89 Å². The van der Waals surface area contributed by atoms with Gasteiger partial charge in [-0.3, -0.25) is 9.59 Å². The number of nitrogens with zero attached hydrogens (tertiary/aromatic N) is 2. The molecule has 128 valence electrons. The quantitative estimate of drug-likeness (QED) is 0.869. The Bertz CT molecular complexity index is 721. The Balaban J connectivity index is 2.03. The SMILES string of the molecule is CCN(CC)C(=O)c1nc(CNC(=O)c2ccc(Cl)cc2)oc1C. The van der Waals surface area contributed by atoms with Crippen LogP contribution in [-0.2, 0) is 6.54 Å². The number of hydrogen-bond acceptors (Lipinski definition) is 4. The molecule has 0 bridgehead atoms. The first-order chi connectivity index (χ1) is 11.5. The molecule has 0 saturated carbocycles. The number of aryl methyl sites for hydroxylation is 1. The molecule has 0 aliphatic rings. The first-order valence-corrected chi connectivity index (χ1v) is 8.13. The average molecular weight is 350 g/mol. The van der Waals surface area contributed by atoms with E-state index in [1.165, 1.54) is 0 Å². The van der Waals surface area contributed by atoms with Crippen molar-refractivity contribution in [3.05, 3.63) is 52.2 Å². The smallest absolute Gasteiger partial charge is 0.276 e. The minimum atomic E-state index is -0.265. The summed E-state index contributed by atoms with van der Waals surface area (Å²) < 4.78 is 5.49. The van der Waals surface area contributed by atoms with Crippen LogP contribution in [0.1, 0.15) is 46.3 Å². The molecule has 2 amide bonds. The molecule has 1 aromatic heterocycles. The predicted molar refractivity (Wildman–Crippen MR) is 91.1 cm³/mol. The van der Waals surface area contributed by atoms with Gasteiger partial charge >= 0.3 is 0 Å². The standard InChI is InChI=1S/C17H20ClN3O3/c1-4-21(5-2)17(23)15-11(3)24-14(20-15)10-19-16(22)12-6-8-13(18)9-7-12/h6-9H,4-5,10H2,1-3H3,(H,19,22). The number of aromatic nitrogens is 1. The van der Waals surface area contributed by atoms with Gasteiger partial charge in [0.25, 0.3) is 11.8 Å². The van der Waals surface area contributed by atoms with Crippen molar-refractivity contribution in [3.63, 3.8) is 0 Å². The zero-order valence-corrected chi connectivity index (χ0v) is 14.7. The monoisotopic (exact) mass is 349 g/mol. The molecule has 0 unspecified atom stereocenters. The van der Waals surface area contributed by atoms with Crippen LogP contribution in [0.15, 0.2) is 28.7 Å².